The standard InChI is InChI=1S/C13H16Cl2O3.C10H10Cl2O3.Na.2H2O/c1-7(2)17-11-6-9(5-10(14)12(11)15)13(16)18-8(3)4;1-5(2)15-8-4-6(10(13)14)3-7(11)9(8)12;;;/h5-8H,1-4H3;3-5H,1-2H3,(H,13,14);;2*1H2/q;;+1;;/p-1. The fraction of sp³-hybridized carbons (Fsp3) is 0.391. The summed E-state index contributed by atoms with van der Waals surface area (Å²) in [6.07, 6.45) is -0.348. The second kappa shape index (κ2) is 18.3. The molecule has 0 saturated carbocycles. The molecule has 0 heterocycles. The van der Waals surface area contributed by atoms with Crippen molar-refractivity contribution in [2.24, 2.45) is 0 Å². The van der Waals surface area contributed by atoms with Crippen LogP contribution in [0.4, 0.5) is 0 Å². The van der Waals surface area contributed by atoms with Crippen LogP contribution in [0, 0.1) is 0 Å². The fourth-order valence-corrected chi connectivity index (χ4v) is 3.06. The molecule has 0 aliphatic carbocycles. The van der Waals surface area contributed by atoms with E-state index in [-0.39, 0.29) is 85.2 Å². The number of ether oxygens (including phenoxy) is 3. The molecular formula is C23H29Cl4NaO8. The van der Waals surface area contributed by atoms with Crippen LogP contribution in [-0.2, 0) is 4.74 Å². The molecule has 198 valence electrons. The van der Waals surface area contributed by atoms with Crippen LogP contribution in [0.1, 0.15) is 62.3 Å². The summed E-state index contributed by atoms with van der Waals surface area (Å²) in [6.45, 7) is 10.9. The van der Waals surface area contributed by atoms with Crippen LogP contribution in [0.5, 0.6) is 11.5 Å². The van der Waals surface area contributed by atoms with Gasteiger partial charge < -0.3 is 30.3 Å². The monoisotopic (exact) mass is 596 g/mol. The Kier molecular flexibility index (Phi) is 20.2. The summed E-state index contributed by atoms with van der Waals surface area (Å²) in [5, 5.41) is 9.77. The van der Waals surface area contributed by atoms with Crippen molar-refractivity contribution in [2.75, 3.05) is 0 Å². The van der Waals surface area contributed by atoms with Crippen molar-refractivity contribution in [2.45, 2.75) is 59.9 Å². The smallest absolute Gasteiger partial charge is 0.870 e. The summed E-state index contributed by atoms with van der Waals surface area (Å²) in [7, 11) is 0. The maximum atomic E-state index is 11.8. The third kappa shape index (κ3) is 13.0. The van der Waals surface area contributed by atoms with Gasteiger partial charge in [-0.15, -0.1) is 0 Å². The van der Waals surface area contributed by atoms with Gasteiger partial charge in [-0.05, 0) is 65.8 Å². The van der Waals surface area contributed by atoms with Crippen molar-refractivity contribution in [1.82, 2.24) is 0 Å². The summed E-state index contributed by atoms with van der Waals surface area (Å²) >= 11 is 23.6. The molecule has 2 rings (SSSR count). The van der Waals surface area contributed by atoms with Gasteiger partial charge in [-0.1, -0.05) is 46.4 Å². The van der Waals surface area contributed by atoms with Gasteiger partial charge in [-0.2, -0.15) is 0 Å². The number of benzene rings is 2. The predicted octanol–water partition coefficient (Wildman–Crippen LogP) is 3.83. The molecule has 0 radical (unpaired) electrons. The van der Waals surface area contributed by atoms with Gasteiger partial charge in [0.2, 0.25) is 0 Å². The Hall–Kier alpha value is -0.940. The van der Waals surface area contributed by atoms with Gasteiger partial charge >= 0.3 is 41.5 Å². The van der Waals surface area contributed by atoms with E-state index in [2.05, 4.69) is 0 Å². The first-order valence-corrected chi connectivity index (χ1v) is 11.5. The van der Waals surface area contributed by atoms with Crippen molar-refractivity contribution in [3.05, 3.63) is 55.5 Å². The number of carbonyl (C=O) groups is 2. The quantitative estimate of drug-likeness (QED) is 0.377. The van der Waals surface area contributed by atoms with Crippen molar-refractivity contribution in [3.63, 3.8) is 0 Å². The number of carboxylic acids is 1. The van der Waals surface area contributed by atoms with E-state index >= 15 is 0 Å². The van der Waals surface area contributed by atoms with Gasteiger partial charge in [0.25, 0.3) is 0 Å². The molecule has 2 aromatic carbocycles. The Morgan fingerprint density at radius 3 is 1.42 bits per heavy atom. The molecule has 0 spiro atoms. The molecule has 0 fully saturated rings. The number of hydrogen-bond acceptors (Lipinski definition) is 6. The third-order valence-electron chi connectivity index (χ3n) is 3.54. The molecular weight excluding hydrogens is 569 g/mol. The Bertz CT molecular complexity index is 1000. The Labute approximate surface area is 253 Å². The Morgan fingerprint density at radius 1 is 0.722 bits per heavy atom. The minimum atomic E-state index is -1.07. The zero-order chi connectivity index (χ0) is 25.5. The molecule has 0 aliphatic rings. The molecule has 13 heteroatoms. The van der Waals surface area contributed by atoms with Crippen LogP contribution in [-0.4, -0.2) is 46.3 Å². The molecule has 0 amide bonds. The van der Waals surface area contributed by atoms with Crippen molar-refractivity contribution >= 4 is 58.3 Å². The summed E-state index contributed by atoms with van der Waals surface area (Å²) in [4.78, 5) is 22.5. The van der Waals surface area contributed by atoms with Crippen LogP contribution in [0.3, 0.4) is 0 Å². The molecule has 0 aliphatic heterocycles. The number of carbonyl (C=O) groups excluding carboxylic acids is 1. The van der Waals surface area contributed by atoms with E-state index in [1.807, 2.05) is 27.7 Å². The molecule has 36 heavy (non-hydrogen) atoms. The first-order valence-electron chi connectivity index (χ1n) is 9.98. The number of carboxylic acid groups (broad SMARTS) is 1. The summed E-state index contributed by atoms with van der Waals surface area (Å²) in [5.74, 6) is -0.842. The molecule has 8 nitrogen and oxygen atoms in total. The third-order valence-corrected chi connectivity index (χ3v) is 5.11. The van der Waals surface area contributed by atoms with Gasteiger partial charge in [0, 0.05) is 0 Å². The van der Waals surface area contributed by atoms with E-state index in [9.17, 15) is 9.59 Å². The van der Waals surface area contributed by atoms with E-state index < -0.39 is 11.9 Å². The average Bonchev–Trinajstić information content (AvgIpc) is 2.67. The van der Waals surface area contributed by atoms with Gasteiger partial charge in [0.1, 0.15) is 21.5 Å². The van der Waals surface area contributed by atoms with Crippen LogP contribution >= 0.6 is 46.4 Å². The molecule has 4 N–H and O–H groups in total. The normalized spacial score (nSPS) is 9.81. The van der Waals surface area contributed by atoms with Gasteiger partial charge in [-0.25, -0.2) is 9.59 Å². The number of halogens is 4. The van der Waals surface area contributed by atoms with E-state index in [0.29, 0.717) is 16.3 Å². The minimum Gasteiger partial charge on any atom is -0.870 e. The molecule has 0 aromatic heterocycles. The second-order valence-electron chi connectivity index (χ2n) is 7.63. The molecule has 0 unspecified atom stereocenters. The maximum absolute atomic E-state index is 11.8. The van der Waals surface area contributed by atoms with Crippen LogP contribution in [0.2, 0.25) is 20.1 Å². The van der Waals surface area contributed by atoms with Gasteiger partial charge in [0.15, 0.2) is 0 Å². The summed E-state index contributed by atoms with van der Waals surface area (Å²) in [5.41, 5.74) is 0.383. The molecule has 0 saturated heterocycles. The SMILES string of the molecule is CC(C)OC(=O)c1cc(Cl)c(Cl)c(OC(C)C)c1.CC(C)Oc1cc(C(=O)O)cc(Cl)c1Cl.O.[Na+].[OH-]. The van der Waals surface area contributed by atoms with Crippen molar-refractivity contribution in [3.8, 4) is 11.5 Å². The topological polar surface area (TPSA) is 144 Å². The van der Waals surface area contributed by atoms with E-state index in [1.54, 1.807) is 19.9 Å². The Morgan fingerprint density at radius 2 is 1.08 bits per heavy atom. The van der Waals surface area contributed by atoms with Crippen LogP contribution < -0.4 is 39.0 Å². The summed E-state index contributed by atoms with van der Waals surface area (Å²) in [6, 6.07) is 5.66. The van der Waals surface area contributed by atoms with Crippen molar-refractivity contribution < 1.29 is 69.4 Å². The second-order valence-corrected chi connectivity index (χ2v) is 9.20. The van der Waals surface area contributed by atoms with E-state index in [0.717, 1.165) is 0 Å². The zero-order valence-electron chi connectivity index (χ0n) is 21.0. The predicted molar refractivity (Wildman–Crippen MR) is 138 cm³/mol. The number of aromatic carboxylic acids is 1. The first-order chi connectivity index (χ1) is 15.2. The first kappa shape index (κ1) is 39.6. The van der Waals surface area contributed by atoms with Crippen LogP contribution in [0.25, 0.3) is 0 Å². The number of hydrogen-bond donors (Lipinski definition) is 1. The van der Waals surface area contributed by atoms with E-state index in [1.165, 1.54) is 18.2 Å². The minimum absolute atomic E-state index is 0. The average molecular weight is 598 g/mol. The van der Waals surface area contributed by atoms with Crippen LogP contribution in [0.15, 0.2) is 24.3 Å². The van der Waals surface area contributed by atoms with E-state index in [4.69, 9.17) is 65.7 Å². The van der Waals surface area contributed by atoms with Gasteiger partial charge in [0.05, 0.1) is 39.5 Å². The van der Waals surface area contributed by atoms with Gasteiger partial charge in [-0.3, -0.25) is 0 Å². The zero-order valence-corrected chi connectivity index (χ0v) is 26.0. The largest absolute Gasteiger partial charge is 1.00 e. The Balaban J connectivity index is -0.000000566. The van der Waals surface area contributed by atoms with Crippen molar-refractivity contribution in [1.29, 1.82) is 0 Å². The number of rotatable bonds is 7. The maximum Gasteiger partial charge on any atom is 1.00 e. The fourth-order valence-electron chi connectivity index (χ4n) is 2.33. The summed E-state index contributed by atoms with van der Waals surface area (Å²) < 4.78 is 15.9. The molecule has 0 atom stereocenters. The molecule has 2 aromatic rings. The molecule has 0 bridgehead atoms. The number of esters is 1.